The van der Waals surface area contributed by atoms with Gasteiger partial charge in [-0.2, -0.15) is 0 Å². The number of fused-ring (bicyclic) bond motifs is 2. The van der Waals surface area contributed by atoms with Crippen LogP contribution in [0.25, 0.3) is 0 Å². The molecular weight excluding hydrogens is 448 g/mol. The average Bonchev–Trinajstić information content (AvgIpc) is 3.03. The molecule has 0 aromatic heterocycles. The van der Waals surface area contributed by atoms with Crippen LogP contribution >= 0.6 is 0 Å². The molecule has 0 radical (unpaired) electrons. The van der Waals surface area contributed by atoms with Crippen molar-refractivity contribution in [2.75, 3.05) is 25.2 Å². The van der Waals surface area contributed by atoms with E-state index in [2.05, 4.69) is 5.32 Å². The molecule has 3 amide bonds. The number of nitrogens with one attached hydrogen (secondary N) is 1. The summed E-state index contributed by atoms with van der Waals surface area (Å²) in [4.78, 5) is 40.0. The molecule has 174 valence electrons. The number of carbonyl (C=O) groups excluding carboxylic acids is 3. The Bertz CT molecular complexity index is 1190. The summed E-state index contributed by atoms with van der Waals surface area (Å²) in [6.45, 7) is 2.63. The number of imide groups is 1. The number of nitrogens with zero attached hydrogens (tertiary/aromatic N) is 1. The largest absolute Gasteiger partial charge is 0.486 e. The molecule has 1 N–H and O–H groups in total. The molecule has 0 spiro atoms. The standard InChI is InChI=1S/C23H24N2O7S/c1-14(15-7-8-19-20(13-15)32-11-10-31-19)24-21(26)18(9-12-33(2,29)30)25-22(27)16-5-3-4-6-17(16)23(25)28/h3-8,13-14,18H,9-12H2,1-2H3,(H,24,26)/t14-,18+/m0/s1. The predicted octanol–water partition coefficient (Wildman–Crippen LogP) is 1.73. The van der Waals surface area contributed by atoms with E-state index in [1.165, 1.54) is 12.1 Å². The minimum Gasteiger partial charge on any atom is -0.486 e. The second-order valence-electron chi connectivity index (χ2n) is 8.09. The molecule has 4 rings (SSSR count). The van der Waals surface area contributed by atoms with Crippen molar-refractivity contribution in [3.63, 3.8) is 0 Å². The Labute approximate surface area is 191 Å². The fraction of sp³-hybridized carbons (Fsp3) is 0.348. The SMILES string of the molecule is C[C@H](NC(=O)[C@@H](CCS(C)(=O)=O)N1C(=O)c2ccccc2C1=O)c1ccc2c(c1)OCCO2. The van der Waals surface area contributed by atoms with E-state index in [0.29, 0.717) is 24.7 Å². The zero-order chi connectivity index (χ0) is 23.8. The van der Waals surface area contributed by atoms with Gasteiger partial charge in [-0.15, -0.1) is 0 Å². The highest BCUT2D eigenvalue weighted by atomic mass is 32.2. The van der Waals surface area contributed by atoms with Crippen LogP contribution in [0.3, 0.4) is 0 Å². The first-order chi connectivity index (χ1) is 15.7. The number of sulfone groups is 1. The molecule has 2 aromatic carbocycles. The van der Waals surface area contributed by atoms with Crippen LogP contribution in [0.1, 0.15) is 45.7 Å². The van der Waals surface area contributed by atoms with E-state index < -0.39 is 39.6 Å². The number of benzene rings is 2. The van der Waals surface area contributed by atoms with Crippen molar-refractivity contribution in [1.29, 1.82) is 0 Å². The number of carbonyl (C=O) groups is 3. The van der Waals surface area contributed by atoms with E-state index in [0.717, 1.165) is 16.7 Å². The molecule has 0 saturated heterocycles. The monoisotopic (exact) mass is 472 g/mol. The van der Waals surface area contributed by atoms with Crippen LogP contribution in [0.4, 0.5) is 0 Å². The smallest absolute Gasteiger partial charge is 0.262 e. The second kappa shape index (κ2) is 8.86. The Morgan fingerprint density at radius 2 is 1.64 bits per heavy atom. The van der Waals surface area contributed by atoms with E-state index in [9.17, 15) is 22.8 Å². The molecule has 0 bridgehead atoms. The predicted molar refractivity (Wildman–Crippen MR) is 119 cm³/mol. The van der Waals surface area contributed by atoms with Gasteiger partial charge in [-0.3, -0.25) is 19.3 Å². The molecule has 0 aliphatic carbocycles. The molecule has 2 aliphatic heterocycles. The van der Waals surface area contributed by atoms with Crippen LogP contribution in [0, 0.1) is 0 Å². The first kappa shape index (κ1) is 22.8. The maximum atomic E-state index is 13.3. The number of hydrogen-bond donors (Lipinski definition) is 1. The molecule has 2 aliphatic rings. The first-order valence-electron chi connectivity index (χ1n) is 10.5. The van der Waals surface area contributed by atoms with Gasteiger partial charge in [0.15, 0.2) is 11.5 Å². The Kier molecular flexibility index (Phi) is 6.11. The fourth-order valence-electron chi connectivity index (χ4n) is 3.92. The summed E-state index contributed by atoms with van der Waals surface area (Å²) >= 11 is 0. The van der Waals surface area contributed by atoms with Crippen LogP contribution < -0.4 is 14.8 Å². The van der Waals surface area contributed by atoms with Crippen molar-refractivity contribution in [2.45, 2.75) is 25.4 Å². The van der Waals surface area contributed by atoms with E-state index in [4.69, 9.17) is 9.47 Å². The molecule has 2 atom stereocenters. The van der Waals surface area contributed by atoms with E-state index >= 15 is 0 Å². The minimum atomic E-state index is -3.44. The van der Waals surface area contributed by atoms with E-state index in [1.807, 2.05) is 0 Å². The molecule has 2 aromatic rings. The summed E-state index contributed by atoms with van der Waals surface area (Å²) in [5.74, 6) is -1.02. The van der Waals surface area contributed by atoms with Crippen LogP contribution in [-0.4, -0.2) is 62.3 Å². The molecule has 10 heteroatoms. The lowest BCUT2D eigenvalue weighted by atomic mass is 10.1. The number of ether oxygens (including phenoxy) is 2. The van der Waals surface area contributed by atoms with Gasteiger partial charge in [-0.25, -0.2) is 8.42 Å². The van der Waals surface area contributed by atoms with Crippen molar-refractivity contribution in [3.05, 3.63) is 59.2 Å². The molecule has 0 fully saturated rings. The summed E-state index contributed by atoms with van der Waals surface area (Å²) in [5.41, 5.74) is 1.12. The fourth-order valence-corrected chi connectivity index (χ4v) is 4.57. The molecule has 0 unspecified atom stereocenters. The lowest BCUT2D eigenvalue weighted by Crippen LogP contribution is -2.50. The first-order valence-corrected chi connectivity index (χ1v) is 12.6. The van der Waals surface area contributed by atoms with Gasteiger partial charge in [0.25, 0.3) is 11.8 Å². The van der Waals surface area contributed by atoms with Gasteiger partial charge >= 0.3 is 0 Å². The van der Waals surface area contributed by atoms with Gasteiger partial charge < -0.3 is 14.8 Å². The summed E-state index contributed by atoms with van der Waals surface area (Å²) in [6, 6.07) is 9.80. The zero-order valence-corrected chi connectivity index (χ0v) is 19.1. The number of hydrogen-bond acceptors (Lipinski definition) is 7. The Hall–Kier alpha value is -3.40. The third-order valence-electron chi connectivity index (χ3n) is 5.63. The van der Waals surface area contributed by atoms with Crippen molar-refractivity contribution < 1.29 is 32.3 Å². The molecular formula is C23H24N2O7S. The maximum Gasteiger partial charge on any atom is 0.262 e. The van der Waals surface area contributed by atoms with Crippen molar-refractivity contribution in [1.82, 2.24) is 10.2 Å². The van der Waals surface area contributed by atoms with Crippen LogP contribution in [0.5, 0.6) is 11.5 Å². The number of rotatable bonds is 7. The van der Waals surface area contributed by atoms with Gasteiger partial charge in [0, 0.05) is 6.26 Å². The third-order valence-corrected chi connectivity index (χ3v) is 6.60. The van der Waals surface area contributed by atoms with Gasteiger partial charge in [-0.1, -0.05) is 18.2 Å². The van der Waals surface area contributed by atoms with E-state index in [1.54, 1.807) is 37.3 Å². The average molecular weight is 473 g/mol. The highest BCUT2D eigenvalue weighted by Crippen LogP contribution is 2.33. The van der Waals surface area contributed by atoms with Crippen molar-refractivity contribution in [2.24, 2.45) is 0 Å². The zero-order valence-electron chi connectivity index (χ0n) is 18.2. The second-order valence-corrected chi connectivity index (χ2v) is 10.4. The van der Waals surface area contributed by atoms with Gasteiger partial charge in [0.05, 0.1) is 22.9 Å². The molecule has 2 heterocycles. The third kappa shape index (κ3) is 4.70. The van der Waals surface area contributed by atoms with Crippen molar-refractivity contribution in [3.8, 4) is 11.5 Å². The summed E-state index contributed by atoms with van der Waals surface area (Å²) in [5, 5.41) is 2.81. The van der Waals surface area contributed by atoms with Gasteiger partial charge in [-0.05, 0) is 43.2 Å². The summed E-state index contributed by atoms with van der Waals surface area (Å²) < 4.78 is 34.7. The van der Waals surface area contributed by atoms with Gasteiger partial charge in [0.2, 0.25) is 5.91 Å². The van der Waals surface area contributed by atoms with Gasteiger partial charge in [0.1, 0.15) is 29.1 Å². The number of amides is 3. The van der Waals surface area contributed by atoms with Crippen LogP contribution in [0.15, 0.2) is 42.5 Å². The van der Waals surface area contributed by atoms with Crippen LogP contribution in [0.2, 0.25) is 0 Å². The molecule has 33 heavy (non-hydrogen) atoms. The highest BCUT2D eigenvalue weighted by molar-refractivity contribution is 7.90. The maximum absolute atomic E-state index is 13.3. The summed E-state index contributed by atoms with van der Waals surface area (Å²) in [6.07, 6.45) is 0.839. The molecule has 9 nitrogen and oxygen atoms in total. The Balaban J connectivity index is 1.58. The van der Waals surface area contributed by atoms with Crippen molar-refractivity contribution >= 4 is 27.6 Å². The Morgan fingerprint density at radius 3 is 2.24 bits per heavy atom. The quantitative estimate of drug-likeness (QED) is 0.610. The Morgan fingerprint density at radius 1 is 1.03 bits per heavy atom. The molecule has 0 saturated carbocycles. The van der Waals surface area contributed by atoms with Crippen LogP contribution in [-0.2, 0) is 14.6 Å². The lowest BCUT2D eigenvalue weighted by Gasteiger charge is -2.27. The topological polar surface area (TPSA) is 119 Å². The van der Waals surface area contributed by atoms with E-state index in [-0.39, 0.29) is 23.3 Å². The normalized spacial score (nSPS) is 16.8. The highest BCUT2D eigenvalue weighted by Gasteiger charge is 2.43. The lowest BCUT2D eigenvalue weighted by molar-refractivity contribution is -0.125. The summed E-state index contributed by atoms with van der Waals surface area (Å²) in [7, 11) is -3.44. The minimum absolute atomic E-state index is 0.194.